The highest BCUT2D eigenvalue weighted by atomic mass is 16.1. The molecule has 0 aromatic heterocycles. The summed E-state index contributed by atoms with van der Waals surface area (Å²) in [6, 6.07) is 7.77. The van der Waals surface area contributed by atoms with Gasteiger partial charge >= 0.3 is 0 Å². The summed E-state index contributed by atoms with van der Waals surface area (Å²) in [6.07, 6.45) is 8.78. The minimum absolute atomic E-state index is 0.0242. The summed E-state index contributed by atoms with van der Waals surface area (Å²) in [5.41, 5.74) is 1.91. The molecule has 0 bridgehead atoms. The first-order valence-electron chi connectivity index (χ1n) is 5.22. The Morgan fingerprint density at radius 1 is 1.27 bits per heavy atom. The minimum atomic E-state index is 0.0242. The second-order valence-corrected chi connectivity index (χ2v) is 3.83. The molecule has 1 nitrogen and oxygen atoms in total. The molecule has 1 unspecified atom stereocenters. The number of rotatable bonds is 2. The topological polar surface area (TPSA) is 17.1 Å². The van der Waals surface area contributed by atoms with Crippen LogP contribution in [-0.2, 0) is 0 Å². The highest BCUT2D eigenvalue weighted by Gasteiger charge is 2.18. The monoisotopic (exact) mass is 198 g/mol. The van der Waals surface area contributed by atoms with E-state index in [4.69, 9.17) is 0 Å². The van der Waals surface area contributed by atoms with E-state index in [0.717, 1.165) is 17.5 Å². The minimum Gasteiger partial charge on any atom is -0.293 e. The second kappa shape index (κ2) is 4.26. The van der Waals surface area contributed by atoms with Crippen LogP contribution < -0.4 is 0 Å². The Labute approximate surface area is 90.1 Å². The average molecular weight is 198 g/mol. The van der Waals surface area contributed by atoms with Crippen molar-refractivity contribution in [2.24, 2.45) is 5.92 Å². The van der Waals surface area contributed by atoms with Gasteiger partial charge in [0.25, 0.3) is 0 Å². The summed E-state index contributed by atoms with van der Waals surface area (Å²) in [5, 5.41) is 0. The average Bonchev–Trinajstić information content (AvgIpc) is 2.30. The molecule has 0 fully saturated rings. The van der Waals surface area contributed by atoms with Gasteiger partial charge in [0, 0.05) is 11.5 Å². The molecule has 1 heteroatoms. The van der Waals surface area contributed by atoms with Crippen molar-refractivity contribution >= 4 is 5.78 Å². The van der Waals surface area contributed by atoms with Gasteiger partial charge in [-0.25, -0.2) is 0 Å². The zero-order valence-corrected chi connectivity index (χ0v) is 8.81. The maximum Gasteiger partial charge on any atom is 0.170 e. The number of carbonyl (C=O) groups is 1. The molecule has 76 valence electrons. The van der Waals surface area contributed by atoms with Gasteiger partial charge in [0.2, 0.25) is 0 Å². The number of allylic oxidation sites excluding steroid dienone is 4. The lowest BCUT2D eigenvalue weighted by atomic mass is 9.90. The SMILES string of the molecule is Cc1ccccc1C(=O)C1C=CC=CC1. The quantitative estimate of drug-likeness (QED) is 0.666. The lowest BCUT2D eigenvalue weighted by Crippen LogP contribution is -2.14. The molecule has 1 aromatic carbocycles. The van der Waals surface area contributed by atoms with Crippen LogP contribution in [0.4, 0.5) is 0 Å². The Balaban J connectivity index is 2.25. The first-order chi connectivity index (χ1) is 7.29. The van der Waals surface area contributed by atoms with Gasteiger partial charge in [-0.05, 0) is 18.9 Å². The zero-order chi connectivity index (χ0) is 10.7. The Morgan fingerprint density at radius 2 is 2.07 bits per heavy atom. The Morgan fingerprint density at radius 3 is 2.73 bits per heavy atom. The molecule has 0 saturated heterocycles. The molecule has 1 aliphatic rings. The molecule has 0 spiro atoms. The molecule has 0 radical (unpaired) electrons. The van der Waals surface area contributed by atoms with Crippen LogP contribution in [0.1, 0.15) is 22.3 Å². The van der Waals surface area contributed by atoms with Crippen molar-refractivity contribution in [2.45, 2.75) is 13.3 Å². The van der Waals surface area contributed by atoms with Gasteiger partial charge in [0.05, 0.1) is 0 Å². The van der Waals surface area contributed by atoms with Gasteiger partial charge in [-0.2, -0.15) is 0 Å². The van der Waals surface area contributed by atoms with Crippen LogP contribution in [0.2, 0.25) is 0 Å². The summed E-state index contributed by atoms with van der Waals surface area (Å²) in [4.78, 5) is 12.1. The van der Waals surface area contributed by atoms with Crippen molar-refractivity contribution in [3.63, 3.8) is 0 Å². The summed E-state index contributed by atoms with van der Waals surface area (Å²) in [5.74, 6) is 0.254. The molecule has 0 aliphatic heterocycles. The highest BCUT2D eigenvalue weighted by Crippen LogP contribution is 2.19. The smallest absolute Gasteiger partial charge is 0.170 e. The predicted molar refractivity (Wildman–Crippen MR) is 61.9 cm³/mol. The van der Waals surface area contributed by atoms with Gasteiger partial charge in [0.1, 0.15) is 0 Å². The third kappa shape index (κ3) is 2.07. The van der Waals surface area contributed by atoms with Gasteiger partial charge in [-0.1, -0.05) is 48.6 Å². The molecular weight excluding hydrogens is 184 g/mol. The van der Waals surface area contributed by atoms with Gasteiger partial charge in [-0.3, -0.25) is 4.79 Å². The summed E-state index contributed by atoms with van der Waals surface area (Å²) >= 11 is 0. The van der Waals surface area contributed by atoms with E-state index in [9.17, 15) is 4.79 Å². The number of hydrogen-bond acceptors (Lipinski definition) is 1. The van der Waals surface area contributed by atoms with Crippen molar-refractivity contribution in [3.8, 4) is 0 Å². The third-order valence-electron chi connectivity index (χ3n) is 2.73. The largest absolute Gasteiger partial charge is 0.293 e. The lowest BCUT2D eigenvalue weighted by molar-refractivity contribution is 0.0945. The second-order valence-electron chi connectivity index (χ2n) is 3.83. The molecule has 0 amide bonds. The van der Waals surface area contributed by atoms with Crippen LogP contribution in [-0.4, -0.2) is 5.78 Å². The zero-order valence-electron chi connectivity index (χ0n) is 8.81. The van der Waals surface area contributed by atoms with E-state index >= 15 is 0 Å². The molecule has 0 heterocycles. The lowest BCUT2D eigenvalue weighted by Gasteiger charge is -2.13. The van der Waals surface area contributed by atoms with Crippen molar-refractivity contribution in [1.29, 1.82) is 0 Å². The number of hydrogen-bond donors (Lipinski definition) is 0. The van der Waals surface area contributed by atoms with E-state index in [1.165, 1.54) is 0 Å². The summed E-state index contributed by atoms with van der Waals surface area (Å²) in [7, 11) is 0. The normalized spacial score (nSPS) is 19.1. The number of benzene rings is 1. The van der Waals surface area contributed by atoms with Crippen LogP contribution in [0.15, 0.2) is 48.6 Å². The Hall–Kier alpha value is -1.63. The molecule has 15 heavy (non-hydrogen) atoms. The predicted octanol–water partition coefficient (Wildman–Crippen LogP) is 3.31. The van der Waals surface area contributed by atoms with E-state index in [1.807, 2.05) is 55.5 Å². The van der Waals surface area contributed by atoms with Crippen molar-refractivity contribution in [1.82, 2.24) is 0 Å². The van der Waals surface area contributed by atoms with Crippen LogP contribution in [0.5, 0.6) is 0 Å². The van der Waals surface area contributed by atoms with Gasteiger partial charge in [0.15, 0.2) is 5.78 Å². The number of aryl methyl sites for hydroxylation is 1. The fraction of sp³-hybridized carbons (Fsp3) is 0.214. The first kappa shape index (κ1) is 9.91. The van der Waals surface area contributed by atoms with Crippen molar-refractivity contribution in [3.05, 3.63) is 59.7 Å². The Kier molecular flexibility index (Phi) is 2.82. The van der Waals surface area contributed by atoms with E-state index < -0.39 is 0 Å². The molecule has 0 N–H and O–H groups in total. The van der Waals surface area contributed by atoms with Crippen LogP contribution >= 0.6 is 0 Å². The van der Waals surface area contributed by atoms with E-state index in [-0.39, 0.29) is 11.7 Å². The van der Waals surface area contributed by atoms with Crippen molar-refractivity contribution in [2.75, 3.05) is 0 Å². The fourth-order valence-corrected chi connectivity index (χ4v) is 1.82. The highest BCUT2D eigenvalue weighted by molar-refractivity contribution is 6.00. The summed E-state index contributed by atoms with van der Waals surface area (Å²) < 4.78 is 0. The van der Waals surface area contributed by atoms with Crippen molar-refractivity contribution < 1.29 is 4.79 Å². The molecule has 1 aromatic rings. The maximum absolute atomic E-state index is 12.1. The third-order valence-corrected chi connectivity index (χ3v) is 2.73. The maximum atomic E-state index is 12.1. The van der Waals surface area contributed by atoms with E-state index in [0.29, 0.717) is 0 Å². The molecule has 2 rings (SSSR count). The molecule has 1 atom stereocenters. The van der Waals surface area contributed by atoms with Crippen LogP contribution in [0.25, 0.3) is 0 Å². The van der Waals surface area contributed by atoms with Gasteiger partial charge < -0.3 is 0 Å². The number of carbonyl (C=O) groups excluding carboxylic acids is 1. The Bertz CT molecular complexity index is 427. The first-order valence-corrected chi connectivity index (χ1v) is 5.22. The fourth-order valence-electron chi connectivity index (χ4n) is 1.82. The van der Waals surface area contributed by atoms with E-state index in [1.54, 1.807) is 0 Å². The summed E-state index contributed by atoms with van der Waals surface area (Å²) in [6.45, 7) is 1.98. The van der Waals surface area contributed by atoms with Gasteiger partial charge in [-0.15, -0.1) is 0 Å². The number of ketones is 1. The van der Waals surface area contributed by atoms with E-state index in [2.05, 4.69) is 0 Å². The van der Waals surface area contributed by atoms with Crippen LogP contribution in [0.3, 0.4) is 0 Å². The molecular formula is C14H14O. The molecule has 0 saturated carbocycles. The molecule has 1 aliphatic carbocycles. The standard InChI is InChI=1S/C14H14O/c1-11-7-5-6-10-13(11)14(15)12-8-3-2-4-9-12/h2-8,10,12H,9H2,1H3. The van der Waals surface area contributed by atoms with Crippen LogP contribution in [0, 0.1) is 12.8 Å². The number of Topliss-reactive ketones (excluding diaryl/α,β-unsaturated/α-hetero) is 1.